The standard InChI is InChI=1S/C20H17NO4P2S4/c1-24-14-3-7-16(8-4-14)26(28)30-27(29,31-26)17-9-5-15(6-10-17)25-20(23)18-12-13(21)2-11-19(18)22/h2-12,22H,21H2,1H3. The van der Waals surface area contributed by atoms with Gasteiger partial charge in [-0.05, 0) is 66.7 Å². The molecule has 0 bridgehead atoms. The average molecular weight is 526 g/mol. The number of rotatable bonds is 5. The molecule has 0 unspecified atom stereocenters. The van der Waals surface area contributed by atoms with Crippen LogP contribution in [0.15, 0.2) is 66.7 Å². The van der Waals surface area contributed by atoms with E-state index in [-0.39, 0.29) is 11.3 Å². The molecule has 0 atom stereocenters. The van der Waals surface area contributed by atoms with E-state index in [1.165, 1.54) is 18.2 Å². The van der Waals surface area contributed by atoms with E-state index < -0.39 is 14.9 Å². The first-order chi connectivity index (χ1) is 14.7. The lowest BCUT2D eigenvalue weighted by molar-refractivity contribution is 0.0732. The van der Waals surface area contributed by atoms with Crippen LogP contribution in [-0.4, -0.2) is 18.2 Å². The molecule has 31 heavy (non-hydrogen) atoms. The first-order valence-corrected chi connectivity index (χ1v) is 18.6. The third-order valence-electron chi connectivity index (χ3n) is 4.42. The zero-order chi connectivity index (χ0) is 22.2. The van der Waals surface area contributed by atoms with Crippen molar-refractivity contribution < 1.29 is 19.4 Å². The van der Waals surface area contributed by atoms with Crippen molar-refractivity contribution in [2.24, 2.45) is 0 Å². The van der Waals surface area contributed by atoms with Crippen molar-refractivity contribution in [3.63, 3.8) is 0 Å². The monoisotopic (exact) mass is 525 g/mol. The third-order valence-corrected chi connectivity index (χ3v) is 35.7. The van der Waals surface area contributed by atoms with E-state index in [9.17, 15) is 9.90 Å². The van der Waals surface area contributed by atoms with E-state index in [0.717, 1.165) is 16.4 Å². The quantitative estimate of drug-likeness (QED) is 0.153. The lowest BCUT2D eigenvalue weighted by Crippen LogP contribution is -2.11. The number of phenolic OH excluding ortho intramolecular Hbond substituents is 1. The molecule has 3 N–H and O–H groups in total. The minimum Gasteiger partial charge on any atom is -0.507 e. The Morgan fingerprint density at radius 1 is 0.903 bits per heavy atom. The van der Waals surface area contributed by atoms with Gasteiger partial charge in [-0.1, -0.05) is 45.6 Å². The summed E-state index contributed by atoms with van der Waals surface area (Å²) < 4.78 is 6.88. The Labute approximate surface area is 197 Å². The van der Waals surface area contributed by atoms with E-state index in [1.54, 1.807) is 41.2 Å². The lowest BCUT2D eigenvalue weighted by atomic mass is 10.2. The molecule has 0 aromatic heterocycles. The molecular formula is C20H17NO4P2S4. The smallest absolute Gasteiger partial charge is 0.347 e. The summed E-state index contributed by atoms with van der Waals surface area (Å²) in [6.45, 7) is 0. The number of phenols is 1. The highest BCUT2D eigenvalue weighted by atomic mass is 33.7. The van der Waals surface area contributed by atoms with Crippen molar-refractivity contribution in [3.8, 4) is 17.2 Å². The fourth-order valence-electron chi connectivity index (χ4n) is 2.82. The predicted molar refractivity (Wildman–Crippen MR) is 140 cm³/mol. The van der Waals surface area contributed by atoms with Gasteiger partial charge in [-0.3, -0.25) is 0 Å². The maximum Gasteiger partial charge on any atom is 0.347 e. The van der Waals surface area contributed by atoms with Crippen LogP contribution in [0.5, 0.6) is 17.2 Å². The van der Waals surface area contributed by atoms with Crippen molar-refractivity contribution in [2.45, 2.75) is 0 Å². The lowest BCUT2D eigenvalue weighted by Gasteiger charge is -2.40. The number of ether oxygens (including phenoxy) is 2. The number of hydrogen-bond acceptors (Lipinski definition) is 9. The van der Waals surface area contributed by atoms with Crippen LogP contribution in [0, 0.1) is 0 Å². The number of hydrogen-bond donors (Lipinski definition) is 2. The van der Waals surface area contributed by atoms with E-state index in [4.69, 9.17) is 38.8 Å². The van der Waals surface area contributed by atoms with Crippen molar-refractivity contribution in [2.75, 3.05) is 12.8 Å². The SMILES string of the molecule is COc1ccc(P2(=S)SP(=S)(c3ccc(OC(=O)c4cc(N)ccc4O)cc3)S2)cc1. The average Bonchev–Trinajstić information content (AvgIpc) is 2.74. The van der Waals surface area contributed by atoms with Crippen LogP contribution in [-0.2, 0) is 23.6 Å². The summed E-state index contributed by atoms with van der Waals surface area (Å²) in [6, 6.07) is 19.3. The number of anilines is 1. The molecule has 0 spiro atoms. The van der Waals surface area contributed by atoms with Gasteiger partial charge in [0.05, 0.1) is 16.0 Å². The topological polar surface area (TPSA) is 81.8 Å². The Hall–Kier alpha value is -1.47. The van der Waals surface area contributed by atoms with Gasteiger partial charge in [0.2, 0.25) is 0 Å². The molecule has 0 radical (unpaired) electrons. The molecule has 1 fully saturated rings. The van der Waals surface area contributed by atoms with Gasteiger partial charge in [0.25, 0.3) is 0 Å². The normalized spacial score (nSPS) is 22.4. The summed E-state index contributed by atoms with van der Waals surface area (Å²) in [5.41, 5.74) is 6.06. The van der Waals surface area contributed by atoms with Crippen LogP contribution in [0.25, 0.3) is 0 Å². The van der Waals surface area contributed by atoms with Crippen LogP contribution in [0.2, 0.25) is 0 Å². The Morgan fingerprint density at radius 2 is 1.42 bits per heavy atom. The fourth-order valence-corrected chi connectivity index (χ4v) is 45.1. The number of methoxy groups -OCH3 is 1. The Morgan fingerprint density at radius 3 is 1.94 bits per heavy atom. The van der Waals surface area contributed by atoms with Gasteiger partial charge in [-0.15, -0.1) is 0 Å². The predicted octanol–water partition coefficient (Wildman–Crippen LogP) is 5.25. The summed E-state index contributed by atoms with van der Waals surface area (Å²) >= 11 is 15.4. The van der Waals surface area contributed by atoms with E-state index in [0.29, 0.717) is 11.4 Å². The van der Waals surface area contributed by atoms with Crippen LogP contribution in [0.3, 0.4) is 0 Å². The molecule has 4 rings (SSSR count). The van der Waals surface area contributed by atoms with Crippen molar-refractivity contribution in [1.82, 2.24) is 0 Å². The van der Waals surface area contributed by atoms with Gasteiger partial charge in [-0.25, -0.2) is 4.79 Å². The Bertz CT molecular complexity index is 1240. The molecular weight excluding hydrogens is 508 g/mol. The zero-order valence-corrected chi connectivity index (χ0v) is 21.2. The van der Waals surface area contributed by atoms with Crippen LogP contribution < -0.4 is 25.8 Å². The number of benzene rings is 3. The van der Waals surface area contributed by atoms with Gasteiger partial charge in [0.1, 0.15) is 22.8 Å². The molecule has 11 heteroatoms. The number of aromatic hydroxyl groups is 1. The van der Waals surface area contributed by atoms with Crippen LogP contribution in [0.4, 0.5) is 5.69 Å². The molecule has 0 saturated carbocycles. The van der Waals surface area contributed by atoms with Gasteiger partial charge < -0.3 is 20.3 Å². The van der Waals surface area contributed by atoms with Crippen LogP contribution >= 0.6 is 30.9 Å². The summed E-state index contributed by atoms with van der Waals surface area (Å²) in [6.07, 6.45) is 0. The summed E-state index contributed by atoms with van der Waals surface area (Å²) in [5.74, 6) is 0.305. The minimum atomic E-state index is -1.89. The molecule has 1 saturated heterocycles. The third kappa shape index (κ3) is 4.68. The number of nitrogen functional groups attached to an aromatic ring is 1. The van der Waals surface area contributed by atoms with Crippen LogP contribution in [0.1, 0.15) is 10.4 Å². The van der Waals surface area contributed by atoms with E-state index in [2.05, 4.69) is 0 Å². The number of esters is 1. The second-order valence-corrected chi connectivity index (χ2v) is 27.8. The van der Waals surface area contributed by atoms with Gasteiger partial charge >= 0.3 is 5.97 Å². The Balaban J connectivity index is 1.46. The first-order valence-electron chi connectivity index (χ1n) is 8.91. The maximum absolute atomic E-state index is 12.3. The Kier molecular flexibility index (Phi) is 6.46. The number of carbonyl (C=O) groups is 1. The van der Waals surface area contributed by atoms with Crippen molar-refractivity contribution >= 4 is 76.8 Å². The zero-order valence-electron chi connectivity index (χ0n) is 16.1. The number of carbonyl (C=O) groups excluding carboxylic acids is 1. The summed E-state index contributed by atoms with van der Waals surface area (Å²) in [5, 5.41) is 12.0. The molecule has 3 aromatic rings. The minimum absolute atomic E-state index is 0.0154. The highest BCUT2D eigenvalue weighted by Gasteiger charge is 2.45. The molecule has 1 aliphatic heterocycles. The van der Waals surface area contributed by atoms with Crippen molar-refractivity contribution in [3.05, 3.63) is 72.3 Å². The molecule has 1 aliphatic rings. The summed E-state index contributed by atoms with van der Waals surface area (Å²) in [4.78, 5) is 12.3. The van der Waals surface area contributed by atoms with Gasteiger partial charge in [-0.2, -0.15) is 0 Å². The molecule has 1 heterocycles. The van der Waals surface area contributed by atoms with Gasteiger partial charge in [0, 0.05) is 16.3 Å². The highest BCUT2D eigenvalue weighted by Crippen LogP contribution is 3.04. The second-order valence-electron chi connectivity index (χ2n) is 6.52. The highest BCUT2D eigenvalue weighted by molar-refractivity contribution is 9.48. The molecule has 5 nitrogen and oxygen atoms in total. The molecule has 160 valence electrons. The van der Waals surface area contributed by atoms with E-state index >= 15 is 0 Å². The largest absolute Gasteiger partial charge is 0.507 e. The van der Waals surface area contributed by atoms with Gasteiger partial charge in [0.15, 0.2) is 0 Å². The van der Waals surface area contributed by atoms with Crippen molar-refractivity contribution in [1.29, 1.82) is 0 Å². The summed E-state index contributed by atoms with van der Waals surface area (Å²) in [7, 11) is 1.64. The fraction of sp³-hybridized carbons (Fsp3) is 0.0500. The second kappa shape index (κ2) is 8.81. The van der Waals surface area contributed by atoms with E-state index in [1.807, 2.05) is 36.4 Å². The maximum atomic E-state index is 12.3. The molecule has 3 aromatic carbocycles. The number of nitrogens with two attached hydrogens (primary N) is 1. The molecule has 0 amide bonds. The molecule has 0 aliphatic carbocycles. The first kappa shape index (κ1) is 22.7.